The molecule has 0 radical (unpaired) electrons. The second-order valence-electron chi connectivity index (χ2n) is 8.39. The Bertz CT molecular complexity index is 453. The minimum Gasteiger partial charge on any atom is -0.430 e. The molecule has 0 aromatic carbocycles. The summed E-state index contributed by atoms with van der Waals surface area (Å²) in [5, 5.41) is 5.42. The quantitative estimate of drug-likeness (QED) is 0.629. The molecule has 2 atom stereocenters. The first-order chi connectivity index (χ1) is 11.1. The lowest BCUT2D eigenvalue weighted by atomic mass is 10.1. The Labute approximate surface area is 151 Å². The van der Waals surface area contributed by atoms with E-state index in [4.69, 9.17) is 15.2 Å². The minimum atomic E-state index is -1.44. The molecule has 0 saturated heterocycles. The molecule has 0 aliphatic rings. The highest BCUT2D eigenvalue weighted by Gasteiger charge is 2.37. The van der Waals surface area contributed by atoms with Gasteiger partial charge in [0.25, 0.3) is 0 Å². The van der Waals surface area contributed by atoms with Crippen molar-refractivity contribution < 1.29 is 19.1 Å². The SMILES string of the molecule is CCCN(C(C)OC(=O)NC(C)(C)C)C(C)(N)OC(=O)NC(C)(C)C. The van der Waals surface area contributed by atoms with E-state index in [1.807, 2.05) is 48.5 Å². The van der Waals surface area contributed by atoms with Gasteiger partial charge in [-0.3, -0.25) is 5.73 Å². The molecule has 148 valence electrons. The van der Waals surface area contributed by atoms with Crippen molar-refractivity contribution in [2.75, 3.05) is 6.54 Å². The number of hydrogen-bond acceptors (Lipinski definition) is 6. The zero-order valence-corrected chi connectivity index (χ0v) is 17.1. The van der Waals surface area contributed by atoms with Crippen molar-refractivity contribution in [1.82, 2.24) is 15.5 Å². The van der Waals surface area contributed by atoms with Gasteiger partial charge in [-0.15, -0.1) is 0 Å². The fourth-order valence-corrected chi connectivity index (χ4v) is 2.14. The topological polar surface area (TPSA) is 106 Å². The molecule has 0 rings (SSSR count). The smallest absolute Gasteiger partial charge is 0.410 e. The zero-order chi connectivity index (χ0) is 20.1. The van der Waals surface area contributed by atoms with E-state index in [1.54, 1.807) is 18.7 Å². The highest BCUT2D eigenvalue weighted by molar-refractivity contribution is 5.69. The normalized spacial score (nSPS) is 16.0. The van der Waals surface area contributed by atoms with Gasteiger partial charge in [0.15, 0.2) is 6.23 Å². The van der Waals surface area contributed by atoms with Crippen LogP contribution in [-0.2, 0) is 9.47 Å². The van der Waals surface area contributed by atoms with Crippen molar-refractivity contribution >= 4 is 12.2 Å². The summed E-state index contributed by atoms with van der Waals surface area (Å²) in [5.74, 6) is -1.44. The average Bonchev–Trinajstić information content (AvgIpc) is 2.29. The molecule has 0 aromatic rings. The number of amides is 2. The van der Waals surface area contributed by atoms with Gasteiger partial charge in [0.05, 0.1) is 0 Å². The van der Waals surface area contributed by atoms with Crippen molar-refractivity contribution in [3.05, 3.63) is 0 Å². The van der Waals surface area contributed by atoms with E-state index in [2.05, 4.69) is 10.6 Å². The third kappa shape index (κ3) is 10.1. The summed E-state index contributed by atoms with van der Waals surface area (Å²) in [4.78, 5) is 25.7. The molecule has 0 heterocycles. The molecule has 25 heavy (non-hydrogen) atoms. The molecule has 0 fully saturated rings. The van der Waals surface area contributed by atoms with E-state index in [0.29, 0.717) is 6.54 Å². The molecule has 2 unspecified atom stereocenters. The number of nitrogens with two attached hydrogens (primary N) is 1. The molecule has 0 aromatic heterocycles. The molecule has 0 saturated carbocycles. The standard InChI is InChI=1S/C17H36N4O4/c1-10-11-21(12(2)24-13(22)19-15(3,4)5)17(9,18)25-14(23)20-16(6,7)8/h12H,10-11,18H2,1-9H3,(H,19,22)(H,20,23). The van der Waals surface area contributed by atoms with Crippen LogP contribution in [0.15, 0.2) is 0 Å². The van der Waals surface area contributed by atoms with Crippen molar-refractivity contribution in [3.8, 4) is 0 Å². The first kappa shape index (κ1) is 23.5. The Hall–Kier alpha value is -1.54. The summed E-state index contributed by atoms with van der Waals surface area (Å²) in [6.45, 7) is 16.8. The summed E-state index contributed by atoms with van der Waals surface area (Å²) < 4.78 is 10.8. The third-order valence-electron chi connectivity index (χ3n) is 3.00. The number of carbonyl (C=O) groups excluding carboxylic acids is 2. The van der Waals surface area contributed by atoms with Gasteiger partial charge in [-0.25, -0.2) is 14.5 Å². The van der Waals surface area contributed by atoms with E-state index in [0.717, 1.165) is 6.42 Å². The average molecular weight is 360 g/mol. The van der Waals surface area contributed by atoms with Crippen LogP contribution in [0, 0.1) is 0 Å². The van der Waals surface area contributed by atoms with E-state index in [9.17, 15) is 9.59 Å². The minimum absolute atomic E-state index is 0.415. The number of rotatable bonds is 6. The Morgan fingerprint density at radius 3 is 1.84 bits per heavy atom. The number of hydrogen-bond donors (Lipinski definition) is 3. The number of nitrogens with zero attached hydrogens (tertiary/aromatic N) is 1. The van der Waals surface area contributed by atoms with Crippen molar-refractivity contribution in [2.24, 2.45) is 5.73 Å². The van der Waals surface area contributed by atoms with E-state index >= 15 is 0 Å². The first-order valence-electron chi connectivity index (χ1n) is 8.63. The van der Waals surface area contributed by atoms with Crippen LogP contribution < -0.4 is 16.4 Å². The van der Waals surface area contributed by atoms with E-state index in [-0.39, 0.29) is 0 Å². The number of carbonyl (C=O) groups is 2. The Kier molecular flexibility index (Phi) is 8.17. The van der Waals surface area contributed by atoms with E-state index in [1.165, 1.54) is 0 Å². The van der Waals surface area contributed by atoms with Crippen LogP contribution in [0.25, 0.3) is 0 Å². The predicted molar refractivity (Wildman–Crippen MR) is 97.8 cm³/mol. The zero-order valence-electron chi connectivity index (χ0n) is 17.1. The Morgan fingerprint density at radius 1 is 1.00 bits per heavy atom. The summed E-state index contributed by atoms with van der Waals surface area (Å²) in [5.41, 5.74) is 5.34. The molecule has 0 spiro atoms. The van der Waals surface area contributed by atoms with Gasteiger partial charge in [0.2, 0.25) is 5.85 Å². The van der Waals surface area contributed by atoms with Gasteiger partial charge in [0, 0.05) is 24.5 Å². The number of alkyl carbamates (subject to hydrolysis) is 2. The summed E-state index contributed by atoms with van der Waals surface area (Å²) in [7, 11) is 0. The third-order valence-corrected chi connectivity index (χ3v) is 3.00. The molecule has 2 amide bonds. The second kappa shape index (κ2) is 8.71. The molecule has 0 aliphatic heterocycles. The van der Waals surface area contributed by atoms with E-state index < -0.39 is 35.3 Å². The first-order valence-corrected chi connectivity index (χ1v) is 8.63. The number of ether oxygens (including phenoxy) is 2. The second-order valence-corrected chi connectivity index (χ2v) is 8.39. The van der Waals surface area contributed by atoms with Crippen LogP contribution >= 0.6 is 0 Å². The summed E-state index contributed by atoms with van der Waals surface area (Å²) in [6, 6.07) is 0. The van der Waals surface area contributed by atoms with Gasteiger partial charge in [-0.05, 0) is 54.9 Å². The van der Waals surface area contributed by atoms with Crippen LogP contribution in [0.1, 0.15) is 68.7 Å². The van der Waals surface area contributed by atoms with Crippen molar-refractivity contribution in [2.45, 2.75) is 91.9 Å². The molecule has 0 bridgehead atoms. The van der Waals surface area contributed by atoms with Crippen LogP contribution in [0.2, 0.25) is 0 Å². The lowest BCUT2D eigenvalue weighted by Crippen LogP contribution is -2.62. The van der Waals surface area contributed by atoms with Crippen LogP contribution in [0.4, 0.5) is 9.59 Å². The summed E-state index contributed by atoms with van der Waals surface area (Å²) in [6.07, 6.45) is -1.13. The predicted octanol–water partition coefficient (Wildman–Crippen LogP) is 2.73. The maximum atomic E-state index is 12.1. The number of nitrogens with one attached hydrogen (secondary N) is 2. The highest BCUT2D eigenvalue weighted by Crippen LogP contribution is 2.17. The van der Waals surface area contributed by atoms with Crippen LogP contribution in [-0.4, -0.2) is 46.8 Å². The van der Waals surface area contributed by atoms with Gasteiger partial charge in [-0.1, -0.05) is 6.92 Å². The van der Waals surface area contributed by atoms with Crippen LogP contribution in [0.5, 0.6) is 0 Å². The largest absolute Gasteiger partial charge is 0.430 e. The lowest BCUT2D eigenvalue weighted by molar-refractivity contribution is -0.159. The molecule has 8 nitrogen and oxygen atoms in total. The van der Waals surface area contributed by atoms with Crippen LogP contribution in [0.3, 0.4) is 0 Å². The molecular formula is C17H36N4O4. The monoisotopic (exact) mass is 360 g/mol. The van der Waals surface area contributed by atoms with Gasteiger partial charge in [0.1, 0.15) is 0 Å². The Morgan fingerprint density at radius 2 is 1.44 bits per heavy atom. The maximum Gasteiger partial charge on any atom is 0.410 e. The van der Waals surface area contributed by atoms with Crippen molar-refractivity contribution in [3.63, 3.8) is 0 Å². The fourth-order valence-electron chi connectivity index (χ4n) is 2.14. The van der Waals surface area contributed by atoms with Gasteiger partial charge >= 0.3 is 12.2 Å². The van der Waals surface area contributed by atoms with Gasteiger partial charge in [-0.2, -0.15) is 0 Å². The fraction of sp³-hybridized carbons (Fsp3) is 0.882. The summed E-state index contributed by atoms with van der Waals surface area (Å²) >= 11 is 0. The molecular weight excluding hydrogens is 324 g/mol. The Balaban J connectivity index is 5.04. The van der Waals surface area contributed by atoms with Crippen molar-refractivity contribution in [1.29, 1.82) is 0 Å². The molecule has 4 N–H and O–H groups in total. The highest BCUT2D eigenvalue weighted by atomic mass is 16.6. The lowest BCUT2D eigenvalue weighted by Gasteiger charge is -2.40. The maximum absolute atomic E-state index is 12.1. The molecule has 0 aliphatic carbocycles. The molecule has 8 heteroatoms. The van der Waals surface area contributed by atoms with Gasteiger partial charge < -0.3 is 20.1 Å².